The molecule has 0 unspecified atom stereocenters. The maximum Gasteiger partial charge on any atom is 0.261 e. The molecule has 5 nitrogen and oxygen atoms in total. The van der Waals surface area contributed by atoms with Gasteiger partial charge in [0.2, 0.25) is 0 Å². The van der Waals surface area contributed by atoms with Crippen LogP contribution in [0.2, 0.25) is 5.02 Å². The van der Waals surface area contributed by atoms with Crippen molar-refractivity contribution in [3.63, 3.8) is 0 Å². The first kappa shape index (κ1) is 12.9. The number of benzene rings is 1. The summed E-state index contributed by atoms with van der Waals surface area (Å²) in [5.74, 6) is 1.02. The van der Waals surface area contributed by atoms with Gasteiger partial charge in [0, 0.05) is 18.7 Å². The number of halogens is 1. The van der Waals surface area contributed by atoms with Crippen molar-refractivity contribution in [2.45, 2.75) is 6.42 Å². The molecule has 2 rings (SSSR count). The van der Waals surface area contributed by atoms with E-state index in [0.717, 1.165) is 13.0 Å². The van der Waals surface area contributed by atoms with Crippen LogP contribution in [0, 0.1) is 0 Å². The minimum absolute atomic E-state index is 0.367. The van der Waals surface area contributed by atoms with Crippen molar-refractivity contribution >= 4 is 17.3 Å². The Balaban J connectivity index is 2.24. The van der Waals surface area contributed by atoms with E-state index in [1.165, 1.54) is 0 Å². The fourth-order valence-electron chi connectivity index (χ4n) is 1.55. The van der Waals surface area contributed by atoms with E-state index in [9.17, 15) is 0 Å². The molecular formula is C12H15ClN4O. The van der Waals surface area contributed by atoms with Gasteiger partial charge in [-0.2, -0.15) is 4.98 Å². The van der Waals surface area contributed by atoms with Gasteiger partial charge in [-0.25, -0.2) is 0 Å². The first-order chi connectivity index (χ1) is 8.58. The third-order valence-corrected chi connectivity index (χ3v) is 2.83. The summed E-state index contributed by atoms with van der Waals surface area (Å²) in [6.07, 6.45) is 0.723. The Morgan fingerprint density at radius 1 is 1.39 bits per heavy atom. The molecule has 0 atom stereocenters. The average Bonchev–Trinajstić information content (AvgIpc) is 2.75. The third-order valence-electron chi connectivity index (χ3n) is 2.51. The molecule has 1 heterocycles. The highest BCUT2D eigenvalue weighted by atomic mass is 35.5. The maximum absolute atomic E-state index is 6.08. The normalized spacial score (nSPS) is 11.1. The van der Waals surface area contributed by atoms with Crippen molar-refractivity contribution in [3.05, 3.63) is 29.0 Å². The van der Waals surface area contributed by atoms with Crippen LogP contribution < -0.4 is 5.73 Å². The molecular weight excluding hydrogens is 252 g/mol. The predicted octanol–water partition coefficient (Wildman–Crippen LogP) is 2.08. The summed E-state index contributed by atoms with van der Waals surface area (Å²) in [6, 6.07) is 5.28. The topological polar surface area (TPSA) is 68.2 Å². The van der Waals surface area contributed by atoms with Crippen molar-refractivity contribution in [2.75, 3.05) is 26.4 Å². The smallest absolute Gasteiger partial charge is 0.261 e. The van der Waals surface area contributed by atoms with E-state index >= 15 is 0 Å². The Labute approximate surface area is 111 Å². The molecule has 0 aliphatic carbocycles. The van der Waals surface area contributed by atoms with Gasteiger partial charge in [0.1, 0.15) is 0 Å². The number of hydrogen-bond acceptors (Lipinski definition) is 5. The van der Waals surface area contributed by atoms with Crippen LogP contribution in [0.3, 0.4) is 0 Å². The molecule has 2 aromatic rings. The fraction of sp³-hybridized carbons (Fsp3) is 0.333. The largest absolute Gasteiger partial charge is 0.398 e. The van der Waals surface area contributed by atoms with Crippen LogP contribution in [0.4, 0.5) is 5.69 Å². The van der Waals surface area contributed by atoms with Gasteiger partial charge in [-0.05, 0) is 26.2 Å². The number of likely N-dealkylation sites (N-methyl/N-ethyl adjacent to an activating group) is 1. The summed E-state index contributed by atoms with van der Waals surface area (Å²) >= 11 is 6.08. The van der Waals surface area contributed by atoms with Gasteiger partial charge in [0.05, 0.1) is 10.6 Å². The Hall–Kier alpha value is -1.59. The van der Waals surface area contributed by atoms with Gasteiger partial charge in [-0.3, -0.25) is 0 Å². The average molecular weight is 267 g/mol. The first-order valence-corrected chi connectivity index (χ1v) is 5.97. The van der Waals surface area contributed by atoms with Crippen LogP contribution in [-0.2, 0) is 6.42 Å². The fourth-order valence-corrected chi connectivity index (χ4v) is 1.81. The van der Waals surface area contributed by atoms with Crippen LogP contribution in [0.15, 0.2) is 22.7 Å². The summed E-state index contributed by atoms with van der Waals surface area (Å²) in [7, 11) is 3.99. The third kappa shape index (κ3) is 2.80. The van der Waals surface area contributed by atoms with Gasteiger partial charge in [-0.15, -0.1) is 0 Å². The molecule has 0 bridgehead atoms. The standard InChI is InChI=1S/C12H15ClN4O/c1-17(2)7-6-10-15-12(18-16-10)11-8(13)4-3-5-9(11)14/h3-5H,6-7,14H2,1-2H3. The molecule has 0 radical (unpaired) electrons. The van der Waals surface area contributed by atoms with E-state index in [4.69, 9.17) is 21.9 Å². The number of nitrogens with zero attached hydrogens (tertiary/aromatic N) is 3. The van der Waals surface area contributed by atoms with Crippen LogP contribution in [0.25, 0.3) is 11.5 Å². The van der Waals surface area contributed by atoms with E-state index in [2.05, 4.69) is 15.0 Å². The predicted molar refractivity (Wildman–Crippen MR) is 71.4 cm³/mol. The number of hydrogen-bond donors (Lipinski definition) is 1. The molecule has 0 amide bonds. The monoisotopic (exact) mass is 266 g/mol. The maximum atomic E-state index is 6.08. The highest BCUT2D eigenvalue weighted by Gasteiger charge is 2.15. The lowest BCUT2D eigenvalue weighted by molar-refractivity contribution is 0.392. The van der Waals surface area contributed by atoms with Gasteiger partial charge in [0.15, 0.2) is 5.82 Å². The molecule has 1 aromatic carbocycles. The van der Waals surface area contributed by atoms with Crippen molar-refractivity contribution < 1.29 is 4.52 Å². The van der Waals surface area contributed by atoms with Crippen LogP contribution in [0.1, 0.15) is 5.82 Å². The Bertz CT molecular complexity index is 518. The molecule has 1 aromatic heterocycles. The van der Waals surface area contributed by atoms with E-state index < -0.39 is 0 Å². The molecule has 0 fully saturated rings. The van der Waals surface area contributed by atoms with E-state index in [1.807, 2.05) is 14.1 Å². The molecule has 0 saturated carbocycles. The van der Waals surface area contributed by atoms with E-state index in [0.29, 0.717) is 28.0 Å². The molecule has 0 saturated heterocycles. The van der Waals surface area contributed by atoms with Crippen LogP contribution in [0.5, 0.6) is 0 Å². The zero-order chi connectivity index (χ0) is 13.1. The number of anilines is 1. The number of nitrogen functional groups attached to an aromatic ring is 1. The van der Waals surface area contributed by atoms with Gasteiger partial charge < -0.3 is 15.2 Å². The Morgan fingerprint density at radius 3 is 2.83 bits per heavy atom. The van der Waals surface area contributed by atoms with Crippen molar-refractivity contribution in [2.24, 2.45) is 0 Å². The second kappa shape index (κ2) is 5.37. The number of nitrogens with two attached hydrogens (primary N) is 1. The molecule has 0 aliphatic rings. The highest BCUT2D eigenvalue weighted by molar-refractivity contribution is 6.33. The molecule has 6 heteroatoms. The lowest BCUT2D eigenvalue weighted by atomic mass is 10.2. The summed E-state index contributed by atoms with van der Waals surface area (Å²) in [6.45, 7) is 0.858. The summed E-state index contributed by atoms with van der Waals surface area (Å²) < 4.78 is 5.20. The van der Waals surface area contributed by atoms with E-state index in [-0.39, 0.29) is 0 Å². The lowest BCUT2D eigenvalue weighted by Gasteiger charge is -2.05. The van der Waals surface area contributed by atoms with Crippen molar-refractivity contribution in [1.29, 1.82) is 0 Å². The quantitative estimate of drug-likeness (QED) is 0.858. The molecule has 96 valence electrons. The van der Waals surface area contributed by atoms with E-state index in [1.54, 1.807) is 18.2 Å². The summed E-state index contributed by atoms with van der Waals surface area (Å²) in [5, 5.41) is 4.43. The van der Waals surface area contributed by atoms with Gasteiger partial charge in [0.25, 0.3) is 5.89 Å². The van der Waals surface area contributed by atoms with Crippen LogP contribution in [-0.4, -0.2) is 35.7 Å². The van der Waals surface area contributed by atoms with Crippen molar-refractivity contribution in [1.82, 2.24) is 15.0 Å². The number of rotatable bonds is 4. The van der Waals surface area contributed by atoms with Crippen molar-refractivity contribution in [3.8, 4) is 11.5 Å². The molecule has 0 aliphatic heterocycles. The Kier molecular flexibility index (Phi) is 3.84. The second-order valence-corrected chi connectivity index (χ2v) is 4.68. The molecule has 0 spiro atoms. The highest BCUT2D eigenvalue weighted by Crippen LogP contribution is 2.31. The second-order valence-electron chi connectivity index (χ2n) is 4.27. The molecule has 18 heavy (non-hydrogen) atoms. The minimum Gasteiger partial charge on any atom is -0.398 e. The zero-order valence-electron chi connectivity index (χ0n) is 10.4. The number of aromatic nitrogens is 2. The Morgan fingerprint density at radius 2 is 2.17 bits per heavy atom. The lowest BCUT2D eigenvalue weighted by Crippen LogP contribution is -2.15. The summed E-state index contributed by atoms with van der Waals surface area (Å²) in [4.78, 5) is 6.36. The summed E-state index contributed by atoms with van der Waals surface area (Å²) in [5.41, 5.74) is 7.00. The van der Waals surface area contributed by atoms with Gasteiger partial charge >= 0.3 is 0 Å². The van der Waals surface area contributed by atoms with Crippen LogP contribution >= 0.6 is 11.6 Å². The zero-order valence-corrected chi connectivity index (χ0v) is 11.1. The SMILES string of the molecule is CN(C)CCc1noc(-c2c(N)cccc2Cl)n1. The van der Waals surface area contributed by atoms with Gasteiger partial charge in [-0.1, -0.05) is 22.8 Å². The molecule has 2 N–H and O–H groups in total. The first-order valence-electron chi connectivity index (χ1n) is 5.59. The minimum atomic E-state index is 0.367.